The summed E-state index contributed by atoms with van der Waals surface area (Å²) < 4.78 is 26.3. The SMILES string of the molecule is CC[Si](CC)(CC)O[C@H]1CC(=C2OCCO2)C[C@H](C)[C@@]1(C)CC/C(C)=C/CC/C(C)=C/CO[Si](c1ccccc1)(c1ccccc1)C(C)(C)C. The molecule has 0 N–H and O–H groups in total. The van der Waals surface area contributed by atoms with Crippen molar-refractivity contribution in [2.24, 2.45) is 11.3 Å². The summed E-state index contributed by atoms with van der Waals surface area (Å²) in [6.07, 6.45) is 11.3. The van der Waals surface area contributed by atoms with Crippen molar-refractivity contribution in [2.45, 2.75) is 137 Å². The molecule has 4 rings (SSSR count). The van der Waals surface area contributed by atoms with Gasteiger partial charge in [-0.2, -0.15) is 0 Å². The fraction of sp³-hybridized carbons (Fsp3) is 0.591. The Morgan fingerprint density at radius 3 is 1.88 bits per heavy atom. The summed E-state index contributed by atoms with van der Waals surface area (Å²) in [5, 5.41) is 2.65. The van der Waals surface area contributed by atoms with Gasteiger partial charge in [-0.3, -0.25) is 0 Å². The van der Waals surface area contributed by atoms with Crippen molar-refractivity contribution in [1.82, 2.24) is 0 Å². The van der Waals surface area contributed by atoms with Crippen LogP contribution in [0.5, 0.6) is 0 Å². The molecule has 0 aromatic heterocycles. The van der Waals surface area contributed by atoms with E-state index in [4.69, 9.17) is 18.3 Å². The van der Waals surface area contributed by atoms with E-state index in [1.165, 1.54) is 45.2 Å². The summed E-state index contributed by atoms with van der Waals surface area (Å²) in [5.74, 6) is 1.29. The summed E-state index contributed by atoms with van der Waals surface area (Å²) in [4.78, 5) is 0. The van der Waals surface area contributed by atoms with Crippen LogP contribution in [0, 0.1) is 11.3 Å². The fourth-order valence-corrected chi connectivity index (χ4v) is 15.8. The van der Waals surface area contributed by atoms with Crippen LogP contribution < -0.4 is 10.4 Å². The lowest BCUT2D eigenvalue weighted by molar-refractivity contribution is -0.0190. The molecule has 4 nitrogen and oxygen atoms in total. The highest BCUT2D eigenvalue weighted by Crippen LogP contribution is 2.50. The number of rotatable bonds is 16. The normalized spacial score (nSPS) is 22.4. The van der Waals surface area contributed by atoms with Crippen molar-refractivity contribution >= 4 is 27.0 Å². The number of allylic oxidation sites excluding steroid dienone is 3. The Morgan fingerprint density at radius 1 is 0.820 bits per heavy atom. The summed E-state index contributed by atoms with van der Waals surface area (Å²) in [6, 6.07) is 25.4. The van der Waals surface area contributed by atoms with Crippen molar-refractivity contribution in [3.63, 3.8) is 0 Å². The minimum atomic E-state index is -2.53. The molecule has 2 aliphatic rings. The summed E-state index contributed by atoms with van der Waals surface area (Å²) in [7, 11) is -4.31. The average Bonchev–Trinajstić information content (AvgIpc) is 3.66. The first-order valence-corrected chi connectivity index (χ1v) is 24.0. The molecule has 276 valence electrons. The third-order valence-corrected chi connectivity index (χ3v) is 21.9. The standard InChI is InChI=1S/C44H68O4Si2/c1-11-49(12-2,13-3)48-41-34-38(42-45-31-32-46-42)33-37(6)44(41,10)29-27-35(4)21-20-22-36(5)28-30-47-50(43(7,8)9,39-23-16-14-17-24-39)40-25-18-15-19-26-40/h14-19,21,23-26,28,37,41H,11-13,20,22,27,29-34H2,1-10H3/b35-21+,36-28+/t37-,41-,44+/m0/s1. The molecular formula is C44H68O4Si2. The Hall–Kier alpha value is -2.39. The van der Waals surface area contributed by atoms with E-state index in [-0.39, 0.29) is 16.6 Å². The number of hydrogen-bond donors (Lipinski definition) is 0. The molecule has 6 heteroatoms. The minimum Gasteiger partial charge on any atom is -0.462 e. The maximum atomic E-state index is 7.34. The second-order valence-electron chi connectivity index (χ2n) is 16.4. The van der Waals surface area contributed by atoms with Gasteiger partial charge in [0, 0.05) is 12.0 Å². The smallest absolute Gasteiger partial charge is 0.278 e. The Labute approximate surface area is 308 Å². The Balaban J connectivity index is 1.41. The third kappa shape index (κ3) is 9.34. The lowest BCUT2D eigenvalue weighted by Gasteiger charge is -2.50. The lowest BCUT2D eigenvalue weighted by atomic mass is 9.62. The first-order valence-electron chi connectivity index (χ1n) is 19.6. The molecule has 1 heterocycles. The van der Waals surface area contributed by atoms with E-state index in [9.17, 15) is 0 Å². The predicted octanol–water partition coefficient (Wildman–Crippen LogP) is 11.1. The van der Waals surface area contributed by atoms with E-state index in [1.807, 2.05) is 0 Å². The molecule has 1 saturated carbocycles. The summed E-state index contributed by atoms with van der Waals surface area (Å²) in [5.41, 5.74) is 4.33. The lowest BCUT2D eigenvalue weighted by Crippen LogP contribution is -2.66. The third-order valence-electron chi connectivity index (χ3n) is 12.2. The second-order valence-corrected chi connectivity index (χ2v) is 25.4. The highest BCUT2D eigenvalue weighted by Gasteiger charge is 2.50. The van der Waals surface area contributed by atoms with Gasteiger partial charge < -0.3 is 18.3 Å². The second kappa shape index (κ2) is 17.9. The monoisotopic (exact) mass is 716 g/mol. The average molecular weight is 717 g/mol. The summed E-state index contributed by atoms with van der Waals surface area (Å²) >= 11 is 0. The maximum absolute atomic E-state index is 7.34. The van der Waals surface area contributed by atoms with Crippen molar-refractivity contribution in [3.8, 4) is 0 Å². The molecule has 1 aliphatic carbocycles. The van der Waals surface area contributed by atoms with E-state index in [2.05, 4.69) is 142 Å². The minimum absolute atomic E-state index is 0.0163. The largest absolute Gasteiger partial charge is 0.462 e. The first-order chi connectivity index (χ1) is 23.8. The topological polar surface area (TPSA) is 36.9 Å². The molecule has 0 spiro atoms. The van der Waals surface area contributed by atoms with E-state index in [0.717, 1.165) is 44.5 Å². The number of hydrogen-bond acceptors (Lipinski definition) is 4. The molecule has 2 aromatic rings. The molecule has 50 heavy (non-hydrogen) atoms. The number of benzene rings is 2. The fourth-order valence-electron chi connectivity index (χ4n) is 8.31. The predicted molar refractivity (Wildman–Crippen MR) is 217 cm³/mol. The van der Waals surface area contributed by atoms with Gasteiger partial charge in [-0.25, -0.2) is 0 Å². The van der Waals surface area contributed by atoms with Crippen LogP contribution in [0.1, 0.15) is 108 Å². The molecule has 0 bridgehead atoms. The van der Waals surface area contributed by atoms with Crippen LogP contribution in [-0.4, -0.2) is 42.6 Å². The van der Waals surface area contributed by atoms with Crippen molar-refractivity contribution in [1.29, 1.82) is 0 Å². The van der Waals surface area contributed by atoms with Crippen LogP contribution in [0.15, 0.2) is 95.5 Å². The molecule has 0 radical (unpaired) electrons. The van der Waals surface area contributed by atoms with Gasteiger partial charge in [-0.05, 0) is 90.8 Å². The molecule has 1 saturated heterocycles. The van der Waals surface area contributed by atoms with Gasteiger partial charge in [0.15, 0.2) is 8.32 Å². The molecule has 1 aliphatic heterocycles. The molecule has 2 aromatic carbocycles. The van der Waals surface area contributed by atoms with E-state index >= 15 is 0 Å². The van der Waals surface area contributed by atoms with E-state index in [0.29, 0.717) is 25.7 Å². The van der Waals surface area contributed by atoms with Gasteiger partial charge in [0.2, 0.25) is 0 Å². The van der Waals surface area contributed by atoms with E-state index < -0.39 is 16.6 Å². The van der Waals surface area contributed by atoms with Gasteiger partial charge in [0.1, 0.15) is 13.2 Å². The summed E-state index contributed by atoms with van der Waals surface area (Å²) in [6.45, 7) is 25.6. The Kier molecular flexibility index (Phi) is 14.5. The van der Waals surface area contributed by atoms with Crippen LogP contribution in [0.2, 0.25) is 23.2 Å². The van der Waals surface area contributed by atoms with Crippen LogP contribution in [0.25, 0.3) is 0 Å². The quantitative estimate of drug-likeness (QED) is 0.128. The zero-order valence-corrected chi connectivity index (χ0v) is 35.2. The van der Waals surface area contributed by atoms with Crippen LogP contribution in [0.3, 0.4) is 0 Å². The van der Waals surface area contributed by atoms with Crippen molar-refractivity contribution in [3.05, 3.63) is 95.5 Å². The zero-order valence-electron chi connectivity index (χ0n) is 33.2. The highest BCUT2D eigenvalue weighted by molar-refractivity contribution is 6.99. The molecular weight excluding hydrogens is 649 g/mol. The van der Waals surface area contributed by atoms with Crippen LogP contribution in [-0.2, 0) is 18.3 Å². The molecule has 0 amide bonds. The van der Waals surface area contributed by atoms with Crippen molar-refractivity contribution < 1.29 is 18.3 Å². The van der Waals surface area contributed by atoms with Gasteiger partial charge in [-0.1, -0.05) is 139 Å². The Morgan fingerprint density at radius 2 is 1.36 bits per heavy atom. The highest BCUT2D eigenvalue weighted by atomic mass is 28.4. The maximum Gasteiger partial charge on any atom is 0.278 e. The van der Waals surface area contributed by atoms with Crippen molar-refractivity contribution in [2.75, 3.05) is 19.8 Å². The molecule has 3 atom stereocenters. The van der Waals surface area contributed by atoms with E-state index in [1.54, 1.807) is 0 Å². The molecule has 2 fully saturated rings. The van der Waals surface area contributed by atoms with Gasteiger partial charge in [-0.15, -0.1) is 0 Å². The van der Waals surface area contributed by atoms with Gasteiger partial charge >= 0.3 is 0 Å². The van der Waals surface area contributed by atoms with Crippen LogP contribution >= 0.6 is 0 Å². The number of ether oxygens (including phenoxy) is 2. The van der Waals surface area contributed by atoms with Crippen LogP contribution in [0.4, 0.5) is 0 Å². The zero-order chi connectivity index (χ0) is 36.4. The van der Waals surface area contributed by atoms with Gasteiger partial charge in [0.05, 0.1) is 12.7 Å². The molecule has 0 unspecified atom stereocenters. The van der Waals surface area contributed by atoms with Gasteiger partial charge in [0.25, 0.3) is 14.3 Å². The first kappa shape index (κ1) is 40.4. The Bertz CT molecular complexity index is 1380.